The van der Waals surface area contributed by atoms with Crippen molar-refractivity contribution >= 4 is 17.6 Å². The molecule has 0 aliphatic carbocycles. The molecule has 2 rings (SSSR count). The maximum Gasteiger partial charge on any atom is 0.191 e. The number of nitrogens with zero attached hydrogens (tertiary/aromatic N) is 2. The molecule has 1 aliphatic heterocycles. The summed E-state index contributed by atoms with van der Waals surface area (Å²) in [6.07, 6.45) is 0. The molecule has 0 aromatic heterocycles. The van der Waals surface area contributed by atoms with Gasteiger partial charge in [-0.2, -0.15) is 0 Å². The Labute approximate surface area is 161 Å². The van der Waals surface area contributed by atoms with Crippen LogP contribution in [-0.4, -0.2) is 70.0 Å². The van der Waals surface area contributed by atoms with E-state index in [-0.39, 0.29) is 6.04 Å². The Kier molecular flexibility index (Phi) is 9.77. The van der Waals surface area contributed by atoms with Crippen molar-refractivity contribution in [2.75, 3.05) is 59.2 Å². The van der Waals surface area contributed by atoms with Gasteiger partial charge in [0.05, 0.1) is 32.4 Å². The van der Waals surface area contributed by atoms with Crippen LogP contribution < -0.4 is 10.6 Å². The highest BCUT2D eigenvalue weighted by atomic mass is 35.5. The van der Waals surface area contributed by atoms with Gasteiger partial charge in [-0.25, -0.2) is 0 Å². The first kappa shape index (κ1) is 21.0. The number of morpholine rings is 1. The molecule has 0 bridgehead atoms. The van der Waals surface area contributed by atoms with E-state index in [1.165, 1.54) is 0 Å². The third kappa shape index (κ3) is 6.76. The van der Waals surface area contributed by atoms with E-state index in [1.807, 2.05) is 25.1 Å². The van der Waals surface area contributed by atoms with Gasteiger partial charge in [0.25, 0.3) is 0 Å². The molecule has 146 valence electrons. The fraction of sp³-hybridized carbons (Fsp3) is 0.632. The van der Waals surface area contributed by atoms with Crippen molar-refractivity contribution in [3.05, 3.63) is 34.9 Å². The third-order valence-electron chi connectivity index (χ3n) is 4.26. The molecule has 0 spiro atoms. The van der Waals surface area contributed by atoms with Gasteiger partial charge in [0, 0.05) is 37.8 Å². The number of halogens is 1. The molecule has 0 radical (unpaired) electrons. The second kappa shape index (κ2) is 12.1. The standard InChI is InChI=1S/C19H31ClN4O2/c1-3-21-19(22-9-12-25-4-2)23-15-18(24-10-13-26-14-11-24)16-7-5-6-8-17(16)20/h5-8,18H,3-4,9-15H2,1-2H3,(H2,21,22,23). The zero-order valence-corrected chi connectivity index (χ0v) is 16.6. The molecule has 7 heteroatoms. The van der Waals surface area contributed by atoms with Crippen molar-refractivity contribution in [2.45, 2.75) is 19.9 Å². The van der Waals surface area contributed by atoms with Crippen molar-refractivity contribution < 1.29 is 9.47 Å². The van der Waals surface area contributed by atoms with Gasteiger partial charge in [-0.1, -0.05) is 29.8 Å². The zero-order chi connectivity index (χ0) is 18.6. The van der Waals surface area contributed by atoms with Gasteiger partial charge in [-0.05, 0) is 25.5 Å². The lowest BCUT2D eigenvalue weighted by Crippen LogP contribution is -2.42. The maximum atomic E-state index is 6.48. The van der Waals surface area contributed by atoms with Crippen LogP contribution in [0.3, 0.4) is 0 Å². The number of ether oxygens (including phenoxy) is 2. The van der Waals surface area contributed by atoms with Crippen molar-refractivity contribution in [1.82, 2.24) is 15.5 Å². The minimum Gasteiger partial charge on any atom is -0.380 e. The van der Waals surface area contributed by atoms with Gasteiger partial charge in [-0.3, -0.25) is 9.89 Å². The lowest BCUT2D eigenvalue weighted by molar-refractivity contribution is 0.0180. The molecule has 1 unspecified atom stereocenters. The molecule has 0 amide bonds. The van der Waals surface area contributed by atoms with E-state index in [0.29, 0.717) is 13.2 Å². The molecular formula is C19H31ClN4O2. The average Bonchev–Trinajstić information content (AvgIpc) is 2.67. The van der Waals surface area contributed by atoms with Crippen LogP contribution in [0.5, 0.6) is 0 Å². The molecule has 26 heavy (non-hydrogen) atoms. The van der Waals surface area contributed by atoms with Gasteiger partial charge in [0.15, 0.2) is 5.96 Å². The highest BCUT2D eigenvalue weighted by Crippen LogP contribution is 2.28. The Bertz CT molecular complexity index is 550. The summed E-state index contributed by atoms with van der Waals surface area (Å²) in [5.74, 6) is 0.803. The second-order valence-electron chi connectivity index (χ2n) is 6.03. The average molecular weight is 383 g/mol. The summed E-state index contributed by atoms with van der Waals surface area (Å²) in [6, 6.07) is 8.16. The van der Waals surface area contributed by atoms with Crippen LogP contribution in [0.2, 0.25) is 5.02 Å². The molecule has 0 saturated carbocycles. The van der Waals surface area contributed by atoms with E-state index in [0.717, 1.165) is 62.5 Å². The lowest BCUT2D eigenvalue weighted by atomic mass is 10.0. The smallest absolute Gasteiger partial charge is 0.191 e. The molecule has 1 saturated heterocycles. The number of aliphatic imine (C=N–C) groups is 1. The predicted octanol–water partition coefficient (Wildman–Crippen LogP) is 2.30. The van der Waals surface area contributed by atoms with Gasteiger partial charge in [-0.15, -0.1) is 0 Å². The molecule has 1 atom stereocenters. The summed E-state index contributed by atoms with van der Waals surface area (Å²) >= 11 is 6.48. The fourth-order valence-corrected chi connectivity index (χ4v) is 3.21. The normalized spacial score (nSPS) is 17.1. The van der Waals surface area contributed by atoms with Crippen LogP contribution in [0, 0.1) is 0 Å². The highest BCUT2D eigenvalue weighted by molar-refractivity contribution is 6.31. The Balaban J connectivity index is 2.09. The third-order valence-corrected chi connectivity index (χ3v) is 4.60. The summed E-state index contributed by atoms with van der Waals surface area (Å²) in [6.45, 7) is 10.9. The number of rotatable bonds is 9. The summed E-state index contributed by atoms with van der Waals surface area (Å²) in [4.78, 5) is 7.20. The first-order valence-corrected chi connectivity index (χ1v) is 9.80. The fourth-order valence-electron chi connectivity index (χ4n) is 2.95. The van der Waals surface area contributed by atoms with Crippen molar-refractivity contribution in [3.63, 3.8) is 0 Å². The molecule has 1 aromatic rings. The quantitative estimate of drug-likeness (QED) is 0.390. The van der Waals surface area contributed by atoms with Gasteiger partial charge in [0.1, 0.15) is 0 Å². The number of hydrogen-bond donors (Lipinski definition) is 2. The highest BCUT2D eigenvalue weighted by Gasteiger charge is 2.24. The van der Waals surface area contributed by atoms with E-state index < -0.39 is 0 Å². The maximum absolute atomic E-state index is 6.48. The van der Waals surface area contributed by atoms with E-state index in [4.69, 9.17) is 26.1 Å². The minimum atomic E-state index is 0.134. The minimum absolute atomic E-state index is 0.134. The first-order chi connectivity index (χ1) is 12.8. The molecule has 1 heterocycles. The molecule has 1 aromatic carbocycles. The summed E-state index contributed by atoms with van der Waals surface area (Å²) < 4.78 is 10.9. The van der Waals surface area contributed by atoms with Gasteiger partial charge >= 0.3 is 0 Å². The van der Waals surface area contributed by atoms with E-state index in [1.54, 1.807) is 0 Å². The number of hydrogen-bond acceptors (Lipinski definition) is 4. The lowest BCUT2D eigenvalue weighted by Gasteiger charge is -2.34. The van der Waals surface area contributed by atoms with Gasteiger partial charge < -0.3 is 20.1 Å². The second-order valence-corrected chi connectivity index (χ2v) is 6.44. The van der Waals surface area contributed by atoms with E-state index >= 15 is 0 Å². The predicted molar refractivity (Wildman–Crippen MR) is 107 cm³/mol. The number of nitrogens with one attached hydrogen (secondary N) is 2. The largest absolute Gasteiger partial charge is 0.380 e. The number of guanidine groups is 1. The van der Waals surface area contributed by atoms with Crippen LogP contribution in [0.4, 0.5) is 0 Å². The van der Waals surface area contributed by atoms with Crippen LogP contribution in [0.15, 0.2) is 29.3 Å². The summed E-state index contributed by atoms with van der Waals surface area (Å²) in [5.41, 5.74) is 1.12. The monoisotopic (exact) mass is 382 g/mol. The first-order valence-electron chi connectivity index (χ1n) is 9.42. The van der Waals surface area contributed by atoms with Crippen molar-refractivity contribution in [2.24, 2.45) is 4.99 Å². The Morgan fingerprint density at radius 1 is 1.27 bits per heavy atom. The van der Waals surface area contributed by atoms with Crippen LogP contribution in [-0.2, 0) is 9.47 Å². The van der Waals surface area contributed by atoms with Crippen LogP contribution >= 0.6 is 11.6 Å². The topological polar surface area (TPSA) is 58.1 Å². The Hall–Kier alpha value is -1.34. The summed E-state index contributed by atoms with van der Waals surface area (Å²) in [7, 11) is 0. The van der Waals surface area contributed by atoms with E-state index in [9.17, 15) is 0 Å². The van der Waals surface area contributed by atoms with Crippen LogP contribution in [0.1, 0.15) is 25.5 Å². The van der Waals surface area contributed by atoms with E-state index in [2.05, 4.69) is 28.5 Å². The van der Waals surface area contributed by atoms with Crippen molar-refractivity contribution in [3.8, 4) is 0 Å². The van der Waals surface area contributed by atoms with Crippen molar-refractivity contribution in [1.29, 1.82) is 0 Å². The van der Waals surface area contributed by atoms with Gasteiger partial charge in [0.2, 0.25) is 0 Å². The molecule has 2 N–H and O–H groups in total. The number of benzene rings is 1. The summed E-state index contributed by atoms with van der Waals surface area (Å²) in [5, 5.41) is 7.39. The molecule has 6 nitrogen and oxygen atoms in total. The van der Waals surface area contributed by atoms with Crippen LogP contribution in [0.25, 0.3) is 0 Å². The SMILES string of the molecule is CCNC(=NCC(c1ccccc1Cl)N1CCOCC1)NCCOCC. The Morgan fingerprint density at radius 2 is 2.04 bits per heavy atom. The molecular weight excluding hydrogens is 352 g/mol. The Morgan fingerprint density at radius 3 is 2.73 bits per heavy atom. The molecule has 1 aliphatic rings. The zero-order valence-electron chi connectivity index (χ0n) is 15.8. The molecule has 1 fully saturated rings.